The van der Waals surface area contributed by atoms with Crippen LogP contribution < -0.4 is 10.6 Å². The summed E-state index contributed by atoms with van der Waals surface area (Å²) in [6, 6.07) is -0.0367. The average molecular weight is 278 g/mol. The molecule has 110 valence electrons. The highest BCUT2D eigenvalue weighted by molar-refractivity contribution is 5.82. The minimum atomic E-state index is -0.137. The van der Waals surface area contributed by atoms with Crippen molar-refractivity contribution in [3.05, 3.63) is 17.5 Å². The van der Waals surface area contributed by atoms with Crippen LogP contribution in [0.4, 0.5) is 0 Å². The van der Waals surface area contributed by atoms with E-state index < -0.39 is 0 Å². The van der Waals surface area contributed by atoms with Gasteiger partial charge in [0.1, 0.15) is 0 Å². The molecule has 1 aromatic heterocycles. The molecule has 1 aliphatic heterocycles. The summed E-state index contributed by atoms with van der Waals surface area (Å²) < 4.78 is 7.20. The fraction of sp³-hybridized carbons (Fsp3) is 0.714. The van der Waals surface area contributed by atoms with Crippen molar-refractivity contribution >= 4 is 5.91 Å². The molecule has 1 fully saturated rings. The zero-order valence-corrected chi connectivity index (χ0v) is 12.1. The van der Waals surface area contributed by atoms with Crippen molar-refractivity contribution < 1.29 is 9.53 Å². The predicted molar refractivity (Wildman–Crippen MR) is 74.2 cm³/mol. The minimum absolute atomic E-state index is 0.0752. The fourth-order valence-corrected chi connectivity index (χ4v) is 3.21. The van der Waals surface area contributed by atoms with Gasteiger partial charge in [0.25, 0.3) is 0 Å². The van der Waals surface area contributed by atoms with E-state index in [1.54, 1.807) is 7.11 Å². The molecule has 6 heteroatoms. The highest BCUT2D eigenvalue weighted by Crippen LogP contribution is 2.29. The van der Waals surface area contributed by atoms with Crippen molar-refractivity contribution in [1.82, 2.24) is 20.4 Å². The van der Waals surface area contributed by atoms with Crippen LogP contribution in [0.15, 0.2) is 6.20 Å². The predicted octanol–water partition coefficient (Wildman–Crippen LogP) is 0.291. The van der Waals surface area contributed by atoms with Crippen LogP contribution in [0.3, 0.4) is 0 Å². The molecule has 0 saturated carbocycles. The standard InChI is InChI=1S/C14H22N4O2/c1-18-13-5-3-4-11(10(13)8-16-18)17-14(19)12-6-9(20-2)7-15-12/h8-9,11-12,15H,3-7H2,1-2H3,(H,17,19). The Labute approximate surface area is 118 Å². The summed E-state index contributed by atoms with van der Waals surface area (Å²) in [4.78, 5) is 12.3. The topological polar surface area (TPSA) is 68.2 Å². The van der Waals surface area contributed by atoms with Gasteiger partial charge >= 0.3 is 0 Å². The van der Waals surface area contributed by atoms with Crippen LogP contribution in [0.5, 0.6) is 0 Å². The van der Waals surface area contributed by atoms with Gasteiger partial charge in [-0.1, -0.05) is 0 Å². The number of amides is 1. The van der Waals surface area contributed by atoms with Crippen molar-refractivity contribution in [2.75, 3.05) is 13.7 Å². The van der Waals surface area contributed by atoms with Gasteiger partial charge in [-0.15, -0.1) is 0 Å². The monoisotopic (exact) mass is 278 g/mol. The third-order valence-electron chi connectivity index (χ3n) is 4.43. The Balaban J connectivity index is 1.65. The Bertz CT molecular complexity index is 499. The zero-order valence-electron chi connectivity index (χ0n) is 12.1. The molecule has 3 unspecified atom stereocenters. The SMILES string of the molecule is COC1CNC(C(=O)NC2CCCc3c2cnn3C)C1. The maximum absolute atomic E-state index is 12.3. The summed E-state index contributed by atoms with van der Waals surface area (Å²) in [5.41, 5.74) is 2.42. The van der Waals surface area contributed by atoms with E-state index >= 15 is 0 Å². The van der Waals surface area contributed by atoms with E-state index in [-0.39, 0.29) is 24.1 Å². The maximum atomic E-state index is 12.3. The molecule has 1 aromatic rings. The first-order valence-corrected chi connectivity index (χ1v) is 7.26. The number of fused-ring (bicyclic) bond motifs is 1. The molecular weight excluding hydrogens is 256 g/mol. The van der Waals surface area contributed by atoms with Gasteiger partial charge in [-0.25, -0.2) is 0 Å². The average Bonchev–Trinajstić information content (AvgIpc) is 3.07. The Morgan fingerprint density at radius 1 is 1.60 bits per heavy atom. The van der Waals surface area contributed by atoms with Crippen LogP contribution >= 0.6 is 0 Å². The fourth-order valence-electron chi connectivity index (χ4n) is 3.21. The number of aryl methyl sites for hydroxylation is 1. The molecule has 3 rings (SSSR count). The highest BCUT2D eigenvalue weighted by atomic mass is 16.5. The molecule has 0 aromatic carbocycles. The van der Waals surface area contributed by atoms with Crippen molar-refractivity contribution in [2.45, 2.75) is 43.9 Å². The Morgan fingerprint density at radius 2 is 2.45 bits per heavy atom. The van der Waals surface area contributed by atoms with Crippen LogP contribution in [-0.4, -0.2) is 41.5 Å². The minimum Gasteiger partial charge on any atom is -0.380 e. The smallest absolute Gasteiger partial charge is 0.237 e. The number of methoxy groups -OCH3 is 1. The van der Waals surface area contributed by atoms with Crippen molar-refractivity contribution in [1.29, 1.82) is 0 Å². The first kappa shape index (κ1) is 13.6. The lowest BCUT2D eigenvalue weighted by atomic mass is 9.92. The lowest BCUT2D eigenvalue weighted by Gasteiger charge is -2.25. The van der Waals surface area contributed by atoms with E-state index in [9.17, 15) is 4.79 Å². The molecule has 1 amide bonds. The van der Waals surface area contributed by atoms with E-state index in [1.165, 1.54) is 11.3 Å². The van der Waals surface area contributed by atoms with Crippen molar-refractivity contribution in [3.8, 4) is 0 Å². The third kappa shape index (κ3) is 2.45. The molecule has 0 spiro atoms. The molecule has 1 saturated heterocycles. The van der Waals surface area contributed by atoms with Crippen LogP contribution in [0.25, 0.3) is 0 Å². The maximum Gasteiger partial charge on any atom is 0.237 e. The Hall–Kier alpha value is -1.40. The zero-order chi connectivity index (χ0) is 14.1. The number of ether oxygens (including phenoxy) is 1. The second-order valence-corrected chi connectivity index (χ2v) is 5.68. The van der Waals surface area contributed by atoms with Gasteiger partial charge in [0.15, 0.2) is 0 Å². The Morgan fingerprint density at radius 3 is 3.20 bits per heavy atom. The highest BCUT2D eigenvalue weighted by Gasteiger charge is 2.32. The Kier molecular flexibility index (Phi) is 3.76. The molecular formula is C14H22N4O2. The second kappa shape index (κ2) is 5.54. The van der Waals surface area contributed by atoms with E-state index in [4.69, 9.17) is 4.74 Å². The number of aromatic nitrogens is 2. The van der Waals surface area contributed by atoms with Gasteiger partial charge in [-0.3, -0.25) is 9.48 Å². The number of hydrogen-bond donors (Lipinski definition) is 2. The van der Waals surface area contributed by atoms with Gasteiger partial charge in [-0.2, -0.15) is 5.10 Å². The number of nitrogens with zero attached hydrogens (tertiary/aromatic N) is 2. The first-order valence-electron chi connectivity index (χ1n) is 7.26. The quantitative estimate of drug-likeness (QED) is 0.834. The van der Waals surface area contributed by atoms with Crippen molar-refractivity contribution in [2.24, 2.45) is 7.05 Å². The number of rotatable bonds is 3. The molecule has 2 heterocycles. The molecule has 20 heavy (non-hydrogen) atoms. The lowest BCUT2D eigenvalue weighted by Crippen LogP contribution is -2.42. The van der Waals surface area contributed by atoms with E-state index in [0.29, 0.717) is 0 Å². The summed E-state index contributed by atoms with van der Waals surface area (Å²) in [6.45, 7) is 0.747. The summed E-state index contributed by atoms with van der Waals surface area (Å²) in [5.74, 6) is 0.0752. The normalized spacial score (nSPS) is 29.2. The van der Waals surface area contributed by atoms with Crippen LogP contribution in [0, 0.1) is 0 Å². The summed E-state index contributed by atoms with van der Waals surface area (Å²) in [7, 11) is 3.65. The van der Waals surface area contributed by atoms with Crippen molar-refractivity contribution in [3.63, 3.8) is 0 Å². The molecule has 3 atom stereocenters. The van der Waals surface area contributed by atoms with Gasteiger partial charge < -0.3 is 15.4 Å². The number of nitrogens with one attached hydrogen (secondary N) is 2. The molecule has 1 aliphatic carbocycles. The molecule has 2 aliphatic rings. The molecule has 6 nitrogen and oxygen atoms in total. The number of hydrogen-bond acceptors (Lipinski definition) is 4. The van der Waals surface area contributed by atoms with Gasteiger partial charge in [0.05, 0.1) is 24.4 Å². The second-order valence-electron chi connectivity index (χ2n) is 5.68. The molecule has 0 radical (unpaired) electrons. The summed E-state index contributed by atoms with van der Waals surface area (Å²) >= 11 is 0. The first-order chi connectivity index (χ1) is 9.69. The third-order valence-corrected chi connectivity index (χ3v) is 4.43. The van der Waals surface area contributed by atoms with Crippen LogP contribution in [0.2, 0.25) is 0 Å². The van der Waals surface area contributed by atoms with Crippen LogP contribution in [0.1, 0.15) is 36.6 Å². The van der Waals surface area contributed by atoms with Gasteiger partial charge in [0, 0.05) is 32.0 Å². The summed E-state index contributed by atoms with van der Waals surface area (Å²) in [6.07, 6.45) is 5.91. The van der Waals surface area contributed by atoms with Gasteiger partial charge in [-0.05, 0) is 25.7 Å². The van der Waals surface area contributed by atoms with E-state index in [1.807, 2.05) is 17.9 Å². The lowest BCUT2D eigenvalue weighted by molar-refractivity contribution is -0.123. The number of carbonyl (C=O) groups is 1. The van der Waals surface area contributed by atoms with E-state index in [2.05, 4.69) is 15.7 Å². The van der Waals surface area contributed by atoms with E-state index in [0.717, 1.165) is 32.2 Å². The number of carbonyl (C=O) groups excluding carboxylic acids is 1. The molecule has 0 bridgehead atoms. The summed E-state index contributed by atoms with van der Waals surface area (Å²) in [5, 5.41) is 10.7. The molecule has 2 N–H and O–H groups in total. The van der Waals surface area contributed by atoms with Crippen LogP contribution in [-0.2, 0) is 23.0 Å². The largest absolute Gasteiger partial charge is 0.380 e. The van der Waals surface area contributed by atoms with Gasteiger partial charge in [0.2, 0.25) is 5.91 Å².